The summed E-state index contributed by atoms with van der Waals surface area (Å²) in [7, 11) is 1.26. The van der Waals surface area contributed by atoms with Crippen LogP contribution in [-0.4, -0.2) is 41.6 Å². The van der Waals surface area contributed by atoms with Gasteiger partial charge < -0.3 is 19.7 Å². The first-order valence-electron chi connectivity index (χ1n) is 13.5. The van der Waals surface area contributed by atoms with Gasteiger partial charge in [-0.15, -0.1) is 0 Å². The van der Waals surface area contributed by atoms with E-state index in [0.717, 1.165) is 17.7 Å². The minimum absolute atomic E-state index is 0.154. The highest BCUT2D eigenvalue weighted by Crippen LogP contribution is 2.39. The van der Waals surface area contributed by atoms with E-state index < -0.39 is 36.0 Å². The first-order chi connectivity index (χ1) is 20.2. The number of hydrogen-bond donors (Lipinski definition) is 2. The Labute approximate surface area is 246 Å². The topological polar surface area (TPSA) is 110 Å². The number of fused-ring (bicyclic) bond motifs is 4. The molecule has 42 heavy (non-hydrogen) atoms. The maximum absolute atomic E-state index is 14.7. The smallest absolute Gasteiger partial charge is 0.411 e. The van der Waals surface area contributed by atoms with Crippen LogP contribution in [0.1, 0.15) is 55.9 Å². The van der Waals surface area contributed by atoms with E-state index in [1.54, 1.807) is 35.5 Å². The molecule has 9 nitrogen and oxygen atoms in total. The van der Waals surface area contributed by atoms with E-state index in [9.17, 15) is 23.2 Å². The van der Waals surface area contributed by atoms with E-state index in [-0.39, 0.29) is 35.4 Å². The summed E-state index contributed by atoms with van der Waals surface area (Å²) < 4.78 is 39.4. The van der Waals surface area contributed by atoms with Gasteiger partial charge >= 0.3 is 12.2 Å². The lowest BCUT2D eigenvalue weighted by molar-refractivity contribution is -0.119. The number of aromatic nitrogens is 1. The summed E-state index contributed by atoms with van der Waals surface area (Å²) in [6.07, 6.45) is 2.64. The SMILES string of the molecule is COC(=O)Nc1ccc2c(c1)NC(=O)C(C)CCCC(N1CCC(c3c(F)ccc(Cl)c3F)OC1=O)c1cncc-2c1. The van der Waals surface area contributed by atoms with Crippen LogP contribution in [0.3, 0.4) is 0 Å². The molecule has 3 amide bonds. The fourth-order valence-electron chi connectivity index (χ4n) is 5.36. The largest absolute Gasteiger partial charge is 0.453 e. The number of benzene rings is 2. The molecule has 12 heteroatoms. The lowest BCUT2D eigenvalue weighted by atomic mass is 9.93. The highest BCUT2D eigenvalue weighted by Gasteiger charge is 2.36. The van der Waals surface area contributed by atoms with Crippen molar-refractivity contribution < 1.29 is 32.6 Å². The molecule has 3 heterocycles. The number of nitrogens with zero attached hydrogens (tertiary/aromatic N) is 2. The van der Waals surface area contributed by atoms with Gasteiger partial charge in [0.1, 0.15) is 11.9 Å². The van der Waals surface area contributed by atoms with Gasteiger partial charge in [0.25, 0.3) is 0 Å². The van der Waals surface area contributed by atoms with Crippen LogP contribution in [0.4, 0.5) is 29.7 Å². The normalized spacial score (nSPS) is 20.8. The molecule has 3 aromatic rings. The van der Waals surface area contributed by atoms with Crippen LogP contribution in [0.5, 0.6) is 0 Å². The van der Waals surface area contributed by atoms with E-state index in [4.69, 9.17) is 16.3 Å². The summed E-state index contributed by atoms with van der Waals surface area (Å²) in [5.74, 6) is -2.32. The second-order valence-electron chi connectivity index (χ2n) is 10.3. The summed E-state index contributed by atoms with van der Waals surface area (Å²) in [6.45, 7) is 2.00. The number of cyclic esters (lactones) is 1. The zero-order valence-electron chi connectivity index (χ0n) is 23.0. The van der Waals surface area contributed by atoms with Gasteiger partial charge in [-0.3, -0.25) is 15.1 Å². The van der Waals surface area contributed by atoms with Crippen molar-refractivity contribution in [3.63, 3.8) is 0 Å². The first kappa shape index (κ1) is 29.2. The quantitative estimate of drug-likeness (QED) is 0.308. The maximum Gasteiger partial charge on any atom is 0.411 e. The van der Waals surface area contributed by atoms with Gasteiger partial charge in [-0.2, -0.15) is 0 Å². The summed E-state index contributed by atoms with van der Waals surface area (Å²) in [4.78, 5) is 44.1. The number of anilines is 2. The number of rotatable bonds is 3. The van der Waals surface area contributed by atoms with Crippen molar-refractivity contribution in [3.8, 4) is 11.1 Å². The Balaban J connectivity index is 1.48. The minimum Gasteiger partial charge on any atom is -0.453 e. The molecule has 0 radical (unpaired) electrons. The Bertz CT molecular complexity index is 1540. The number of methoxy groups -OCH3 is 1. The Morgan fingerprint density at radius 2 is 1.95 bits per heavy atom. The summed E-state index contributed by atoms with van der Waals surface area (Å²) in [5, 5.41) is 5.32. The van der Waals surface area contributed by atoms with Crippen molar-refractivity contribution in [2.45, 2.75) is 44.8 Å². The average Bonchev–Trinajstić information content (AvgIpc) is 2.97. The Hall–Kier alpha value is -4.25. The van der Waals surface area contributed by atoms with Crippen LogP contribution in [0.2, 0.25) is 5.02 Å². The first-order valence-corrected chi connectivity index (χ1v) is 13.9. The third-order valence-electron chi connectivity index (χ3n) is 7.61. The molecular weight excluding hydrogens is 570 g/mol. The van der Waals surface area contributed by atoms with Crippen LogP contribution in [0.25, 0.3) is 11.1 Å². The molecule has 0 saturated carbocycles. The average molecular weight is 599 g/mol. The predicted molar refractivity (Wildman–Crippen MR) is 152 cm³/mol. The number of nitrogens with one attached hydrogen (secondary N) is 2. The zero-order chi connectivity index (χ0) is 30.0. The number of pyridine rings is 1. The molecule has 220 valence electrons. The molecule has 5 rings (SSSR count). The third kappa shape index (κ3) is 6.01. The fourth-order valence-corrected chi connectivity index (χ4v) is 5.53. The van der Waals surface area contributed by atoms with Crippen LogP contribution in [0.15, 0.2) is 48.8 Å². The second-order valence-corrected chi connectivity index (χ2v) is 10.7. The Morgan fingerprint density at radius 1 is 1.14 bits per heavy atom. The number of hydrogen-bond acceptors (Lipinski definition) is 6. The Kier molecular flexibility index (Phi) is 8.58. The zero-order valence-corrected chi connectivity index (χ0v) is 23.7. The molecule has 2 aliphatic rings. The van der Waals surface area contributed by atoms with E-state index >= 15 is 0 Å². The number of halogens is 3. The van der Waals surface area contributed by atoms with Crippen molar-refractivity contribution in [1.29, 1.82) is 0 Å². The standard InChI is InChI=1S/C30H29ClF2N4O5/c1-16-4-3-5-24(37-11-10-25(42-30(37)40)26-22(32)9-8-21(31)27(26)33)18-12-17(14-34-15-18)20-7-6-19(35-29(39)41-2)13-23(20)36-28(16)38/h6-9,12-16,24-25H,3-5,10-11H2,1-2H3,(H,35,39)(H,36,38). The molecule has 3 atom stereocenters. The third-order valence-corrected chi connectivity index (χ3v) is 7.91. The van der Waals surface area contributed by atoms with Crippen molar-refractivity contribution in [2.24, 2.45) is 5.92 Å². The van der Waals surface area contributed by atoms with E-state index in [2.05, 4.69) is 20.4 Å². The Morgan fingerprint density at radius 3 is 2.71 bits per heavy atom. The van der Waals surface area contributed by atoms with Crippen LogP contribution < -0.4 is 10.6 Å². The van der Waals surface area contributed by atoms with Gasteiger partial charge in [-0.05, 0) is 48.7 Å². The van der Waals surface area contributed by atoms with Crippen molar-refractivity contribution in [1.82, 2.24) is 9.88 Å². The molecule has 2 aliphatic heterocycles. The van der Waals surface area contributed by atoms with Crippen molar-refractivity contribution >= 4 is 41.1 Å². The van der Waals surface area contributed by atoms with Gasteiger partial charge in [0.05, 0.1) is 29.4 Å². The van der Waals surface area contributed by atoms with E-state index in [0.29, 0.717) is 41.8 Å². The summed E-state index contributed by atoms with van der Waals surface area (Å²) in [6, 6.07) is 8.67. The van der Waals surface area contributed by atoms with Crippen LogP contribution in [-0.2, 0) is 14.3 Å². The van der Waals surface area contributed by atoms with E-state index in [1.807, 2.05) is 13.0 Å². The molecular formula is C30H29ClF2N4O5. The predicted octanol–water partition coefficient (Wildman–Crippen LogP) is 7.24. The fraction of sp³-hybridized carbons (Fsp3) is 0.333. The molecule has 2 aromatic carbocycles. The van der Waals surface area contributed by atoms with Gasteiger partial charge in [-0.25, -0.2) is 18.4 Å². The molecule has 0 aliphatic carbocycles. The number of ether oxygens (including phenoxy) is 2. The van der Waals surface area contributed by atoms with E-state index in [1.165, 1.54) is 7.11 Å². The van der Waals surface area contributed by atoms with Gasteiger partial charge in [-0.1, -0.05) is 31.0 Å². The van der Waals surface area contributed by atoms with Gasteiger partial charge in [0.15, 0.2) is 5.82 Å². The highest BCUT2D eigenvalue weighted by atomic mass is 35.5. The number of carbonyl (C=O) groups is 3. The minimum atomic E-state index is -1.12. The highest BCUT2D eigenvalue weighted by molar-refractivity contribution is 6.30. The summed E-state index contributed by atoms with van der Waals surface area (Å²) >= 11 is 5.86. The number of carbonyl (C=O) groups excluding carboxylic acids is 3. The number of amides is 3. The molecule has 1 saturated heterocycles. The molecule has 0 spiro atoms. The monoisotopic (exact) mass is 598 g/mol. The van der Waals surface area contributed by atoms with Gasteiger partial charge in [0.2, 0.25) is 5.91 Å². The lowest BCUT2D eigenvalue weighted by Gasteiger charge is -2.38. The lowest BCUT2D eigenvalue weighted by Crippen LogP contribution is -2.42. The van der Waals surface area contributed by atoms with Crippen LogP contribution in [0, 0.1) is 17.6 Å². The molecule has 2 N–H and O–H groups in total. The summed E-state index contributed by atoms with van der Waals surface area (Å²) in [5.41, 5.74) is 2.62. The van der Waals surface area contributed by atoms with Crippen LogP contribution >= 0.6 is 11.6 Å². The molecule has 2 bridgehead atoms. The molecule has 1 fully saturated rings. The second kappa shape index (κ2) is 12.3. The van der Waals surface area contributed by atoms with Gasteiger partial charge in [0, 0.05) is 48.1 Å². The van der Waals surface area contributed by atoms with Crippen molar-refractivity contribution in [3.05, 3.63) is 76.6 Å². The van der Waals surface area contributed by atoms with Crippen molar-refractivity contribution in [2.75, 3.05) is 24.3 Å². The maximum atomic E-state index is 14.7. The molecule has 1 aromatic heterocycles. The molecule has 3 unspecified atom stereocenters.